The first kappa shape index (κ1) is 15.4. The van der Waals surface area contributed by atoms with Gasteiger partial charge in [0, 0.05) is 16.9 Å². The third-order valence-corrected chi connectivity index (χ3v) is 4.95. The zero-order valence-electron chi connectivity index (χ0n) is 10.1. The van der Waals surface area contributed by atoms with Gasteiger partial charge in [-0.1, -0.05) is 10.1 Å². The molecule has 0 fully saturated rings. The van der Waals surface area contributed by atoms with Crippen LogP contribution in [0.5, 0.6) is 0 Å². The molecule has 19 heavy (non-hydrogen) atoms. The lowest BCUT2D eigenvalue weighted by molar-refractivity contribution is -0.629. The first-order valence-corrected chi connectivity index (χ1v) is 7.31. The minimum atomic E-state index is -4.74. The van der Waals surface area contributed by atoms with E-state index in [0.29, 0.717) is 6.07 Å². The molecule has 0 amide bonds. The van der Waals surface area contributed by atoms with E-state index in [4.69, 9.17) is 5.26 Å². The molecular weight excluding hydrogens is 283 g/mol. The molecule has 0 aromatic carbocycles. The Bertz CT molecular complexity index is 574. The lowest BCUT2D eigenvalue weighted by atomic mass is 10.2. The number of thiol groups is 1. The van der Waals surface area contributed by atoms with Crippen molar-refractivity contribution in [3.63, 3.8) is 0 Å². The number of pyridine rings is 1. The standard InChI is InChI=1S/C10H12F3N3O2S/c1-7(19(2,18)15-6-14)8-3-4-9(10(11,12)13)16(17)5-8/h3-5,7,19H,1-2H3,(H,15,18). The summed E-state index contributed by atoms with van der Waals surface area (Å²) < 4.78 is 50.3. The van der Waals surface area contributed by atoms with Gasteiger partial charge in [-0.15, -0.1) is 4.36 Å². The maximum absolute atomic E-state index is 12.4. The normalized spacial score (nSPS) is 14.6. The molecule has 106 valence electrons. The van der Waals surface area contributed by atoms with E-state index in [1.54, 1.807) is 0 Å². The maximum atomic E-state index is 12.4. The average molecular weight is 295 g/mol. The molecule has 0 saturated heterocycles. The van der Waals surface area contributed by atoms with Crippen molar-refractivity contribution in [2.45, 2.75) is 18.3 Å². The summed E-state index contributed by atoms with van der Waals surface area (Å²) in [4.78, 5) is 0. The van der Waals surface area contributed by atoms with Gasteiger partial charge in [0.1, 0.15) is 0 Å². The van der Waals surface area contributed by atoms with Crippen LogP contribution in [0.1, 0.15) is 23.4 Å². The van der Waals surface area contributed by atoms with E-state index >= 15 is 0 Å². The molecule has 0 spiro atoms. The second-order valence-electron chi connectivity index (χ2n) is 4.03. The smallest absolute Gasteiger partial charge is 0.478 e. The fourth-order valence-corrected chi connectivity index (χ4v) is 2.49. The van der Waals surface area contributed by atoms with Crippen LogP contribution in [0.25, 0.3) is 0 Å². The van der Waals surface area contributed by atoms with Crippen molar-refractivity contribution in [3.8, 4) is 6.19 Å². The highest BCUT2D eigenvalue weighted by Gasteiger charge is 2.39. The average Bonchev–Trinajstić information content (AvgIpc) is 2.26. The van der Waals surface area contributed by atoms with E-state index in [2.05, 4.69) is 4.36 Å². The van der Waals surface area contributed by atoms with E-state index in [1.165, 1.54) is 19.4 Å². The number of aromatic nitrogens is 1. The molecule has 0 bridgehead atoms. The first-order valence-electron chi connectivity index (χ1n) is 5.10. The van der Waals surface area contributed by atoms with Crippen LogP contribution in [0.3, 0.4) is 0 Å². The van der Waals surface area contributed by atoms with E-state index < -0.39 is 27.2 Å². The lowest BCUT2D eigenvalue weighted by Gasteiger charge is -2.24. The molecular formula is C10H12F3N3O2S. The molecule has 0 radical (unpaired) electrons. The van der Waals surface area contributed by atoms with Gasteiger partial charge in [0.15, 0.2) is 6.20 Å². The van der Waals surface area contributed by atoms with Crippen LogP contribution in [-0.4, -0.2) is 10.8 Å². The number of halogens is 3. The fourth-order valence-electron chi connectivity index (χ4n) is 1.42. The van der Waals surface area contributed by atoms with Gasteiger partial charge in [0.2, 0.25) is 6.19 Å². The van der Waals surface area contributed by atoms with Crippen LogP contribution < -0.4 is 4.73 Å². The highest BCUT2D eigenvalue weighted by molar-refractivity contribution is 7.99. The highest BCUT2D eigenvalue weighted by Crippen LogP contribution is 2.29. The number of rotatable bonds is 2. The van der Waals surface area contributed by atoms with Gasteiger partial charge in [-0.3, -0.25) is 0 Å². The summed E-state index contributed by atoms with van der Waals surface area (Å²) in [5.74, 6) is 0. The van der Waals surface area contributed by atoms with Crippen LogP contribution in [0, 0.1) is 16.7 Å². The Balaban J connectivity index is 3.24. The fraction of sp³-hybridized carbons (Fsp3) is 0.400. The lowest BCUT2D eigenvalue weighted by Crippen LogP contribution is -2.37. The van der Waals surface area contributed by atoms with E-state index in [0.717, 1.165) is 12.3 Å². The number of nitriles is 1. The van der Waals surface area contributed by atoms with Gasteiger partial charge in [-0.2, -0.15) is 23.2 Å². The molecule has 0 aliphatic carbocycles. The van der Waals surface area contributed by atoms with Crippen molar-refractivity contribution < 1.29 is 22.5 Å². The van der Waals surface area contributed by atoms with Gasteiger partial charge in [0.25, 0.3) is 5.69 Å². The van der Waals surface area contributed by atoms with Crippen molar-refractivity contribution >= 4 is 10.1 Å². The Morgan fingerprint density at radius 3 is 2.53 bits per heavy atom. The Morgan fingerprint density at radius 2 is 2.11 bits per heavy atom. The minimum Gasteiger partial charge on any atom is -0.618 e. The Kier molecular flexibility index (Phi) is 4.17. The molecule has 1 N–H and O–H groups in total. The van der Waals surface area contributed by atoms with Crippen molar-refractivity contribution in [1.82, 2.24) is 0 Å². The number of nitrogens with zero attached hydrogens (tertiary/aromatic N) is 3. The molecule has 1 aromatic heterocycles. The molecule has 1 rings (SSSR count). The summed E-state index contributed by atoms with van der Waals surface area (Å²) in [6.07, 6.45) is -1.18. The first-order chi connectivity index (χ1) is 8.59. The van der Waals surface area contributed by atoms with Crippen molar-refractivity contribution in [3.05, 3.63) is 34.8 Å². The molecule has 0 saturated carbocycles. The van der Waals surface area contributed by atoms with Gasteiger partial charge in [-0.05, 0) is 19.2 Å². The molecule has 1 unspecified atom stereocenters. The zero-order valence-corrected chi connectivity index (χ0v) is 11.0. The summed E-state index contributed by atoms with van der Waals surface area (Å²) in [6, 6.07) is 1.74. The molecule has 1 heterocycles. The minimum absolute atomic E-state index is 0.195. The van der Waals surface area contributed by atoms with E-state index in [9.17, 15) is 22.9 Å². The topological polar surface area (TPSA) is 83.3 Å². The molecule has 5 nitrogen and oxygen atoms in total. The summed E-state index contributed by atoms with van der Waals surface area (Å²) in [7, 11) is -3.00. The second kappa shape index (κ2) is 5.14. The SMILES string of the molecule is CC(c1ccc(C(F)(F)F)[n+]([O-])c1)[SH](C)(O)=NC#N. The molecule has 0 aliphatic rings. The predicted octanol–water partition coefficient (Wildman–Crippen LogP) is 2.05. The van der Waals surface area contributed by atoms with Gasteiger partial charge < -0.3 is 9.76 Å². The van der Waals surface area contributed by atoms with Crippen LogP contribution in [0.2, 0.25) is 0 Å². The zero-order chi connectivity index (χ0) is 14.8. The quantitative estimate of drug-likeness (QED) is 0.379. The number of hydrogen-bond acceptors (Lipinski definition) is 3. The van der Waals surface area contributed by atoms with Crippen molar-refractivity contribution in [2.24, 2.45) is 4.36 Å². The summed E-state index contributed by atoms with van der Waals surface area (Å²) in [5, 5.41) is 19.0. The second-order valence-corrected chi connectivity index (χ2v) is 6.96. The Morgan fingerprint density at radius 1 is 1.53 bits per heavy atom. The maximum Gasteiger partial charge on any atom is 0.478 e. The van der Waals surface area contributed by atoms with Crippen molar-refractivity contribution in [2.75, 3.05) is 6.26 Å². The molecule has 0 aliphatic heterocycles. The highest BCUT2D eigenvalue weighted by atomic mass is 32.3. The summed E-state index contributed by atoms with van der Waals surface area (Å²) in [5.41, 5.74) is -1.14. The Hall–Kier alpha value is -1.66. The largest absolute Gasteiger partial charge is 0.618 e. The van der Waals surface area contributed by atoms with Crippen LogP contribution in [0.15, 0.2) is 22.7 Å². The van der Waals surface area contributed by atoms with Gasteiger partial charge >= 0.3 is 6.18 Å². The van der Waals surface area contributed by atoms with E-state index in [1.807, 2.05) is 0 Å². The monoisotopic (exact) mass is 295 g/mol. The van der Waals surface area contributed by atoms with Gasteiger partial charge in [-0.25, -0.2) is 0 Å². The summed E-state index contributed by atoms with van der Waals surface area (Å²) in [6.45, 7) is 1.50. The molecule has 1 aromatic rings. The predicted molar refractivity (Wildman–Crippen MR) is 64.2 cm³/mol. The number of alkyl halides is 3. The van der Waals surface area contributed by atoms with Crippen LogP contribution in [-0.2, 0) is 16.3 Å². The third-order valence-electron chi connectivity index (χ3n) is 2.69. The Labute approximate surface area is 108 Å². The van der Waals surface area contributed by atoms with E-state index in [-0.39, 0.29) is 10.3 Å². The summed E-state index contributed by atoms with van der Waals surface area (Å²) >= 11 is 0. The number of hydrogen-bond donors (Lipinski definition) is 2. The van der Waals surface area contributed by atoms with Crippen molar-refractivity contribution in [1.29, 1.82) is 5.26 Å². The molecule has 1 atom stereocenters. The third kappa shape index (κ3) is 3.42. The van der Waals surface area contributed by atoms with Crippen LogP contribution >= 0.6 is 0 Å². The van der Waals surface area contributed by atoms with Gasteiger partial charge in [0.05, 0.1) is 0 Å². The molecule has 9 heteroatoms. The van der Waals surface area contributed by atoms with Crippen LogP contribution in [0.4, 0.5) is 13.2 Å².